The van der Waals surface area contributed by atoms with E-state index in [-0.39, 0.29) is 29.9 Å². The summed E-state index contributed by atoms with van der Waals surface area (Å²) in [7, 11) is 0. The van der Waals surface area contributed by atoms with E-state index in [0.29, 0.717) is 18.4 Å². The summed E-state index contributed by atoms with van der Waals surface area (Å²) >= 11 is 0. The first-order chi connectivity index (χ1) is 11.1. The summed E-state index contributed by atoms with van der Waals surface area (Å²) < 4.78 is 1.53. The molecule has 1 aliphatic heterocycles. The minimum absolute atomic E-state index is 0. The van der Waals surface area contributed by atoms with E-state index in [2.05, 4.69) is 10.3 Å². The molecule has 2 heterocycles. The standard InChI is InChI=1S/C17H22N4O2.ClH/c1-12-4-3-5-14-16(12)19-11-20(17(14)23)8-6-15(22)21-9-7-18-10-13(21)2;/h3-5,11,13,18H,6-10H2,1-2H3;1H/t13-;/m0./s1. The normalized spacial score (nSPS) is 17.6. The SMILES string of the molecule is Cc1cccc2c(=O)n(CCC(=O)N3CCNC[C@@H]3C)cnc12.Cl. The number of benzene rings is 1. The van der Waals surface area contributed by atoms with Crippen molar-refractivity contribution in [1.82, 2.24) is 19.8 Å². The molecule has 1 amide bonds. The van der Waals surface area contributed by atoms with Crippen LogP contribution in [0.4, 0.5) is 0 Å². The Morgan fingerprint density at radius 1 is 1.42 bits per heavy atom. The van der Waals surface area contributed by atoms with Gasteiger partial charge in [0.2, 0.25) is 5.91 Å². The Kier molecular flexibility index (Phi) is 5.96. The molecule has 1 atom stereocenters. The predicted molar refractivity (Wildman–Crippen MR) is 96.6 cm³/mol. The number of carbonyl (C=O) groups is 1. The Balaban J connectivity index is 0.00000208. The van der Waals surface area contributed by atoms with Crippen LogP contribution in [0.1, 0.15) is 18.9 Å². The van der Waals surface area contributed by atoms with Gasteiger partial charge in [-0.2, -0.15) is 0 Å². The number of hydrogen-bond donors (Lipinski definition) is 1. The molecule has 6 nitrogen and oxygen atoms in total. The molecule has 2 aromatic rings. The third-order valence-corrected chi connectivity index (χ3v) is 4.44. The number of aromatic nitrogens is 2. The van der Waals surface area contributed by atoms with Crippen molar-refractivity contribution in [3.8, 4) is 0 Å². The van der Waals surface area contributed by atoms with Crippen LogP contribution in [0, 0.1) is 6.92 Å². The molecule has 130 valence electrons. The molecule has 7 heteroatoms. The summed E-state index contributed by atoms with van der Waals surface area (Å²) in [5.74, 6) is 0.0928. The highest BCUT2D eigenvalue weighted by molar-refractivity contribution is 5.85. The van der Waals surface area contributed by atoms with Gasteiger partial charge >= 0.3 is 0 Å². The molecule has 1 aromatic heterocycles. The summed E-state index contributed by atoms with van der Waals surface area (Å²) in [5.41, 5.74) is 1.63. The van der Waals surface area contributed by atoms with Crippen LogP contribution in [0.15, 0.2) is 29.3 Å². The number of piperazine rings is 1. The zero-order chi connectivity index (χ0) is 16.4. The molecule has 0 unspecified atom stereocenters. The number of para-hydroxylation sites is 1. The molecule has 1 saturated heterocycles. The first-order valence-electron chi connectivity index (χ1n) is 8.03. The van der Waals surface area contributed by atoms with E-state index in [1.54, 1.807) is 12.4 Å². The smallest absolute Gasteiger partial charge is 0.261 e. The molecule has 0 radical (unpaired) electrons. The number of nitrogens with one attached hydrogen (secondary N) is 1. The van der Waals surface area contributed by atoms with Crippen LogP contribution < -0.4 is 10.9 Å². The number of rotatable bonds is 3. The maximum atomic E-state index is 12.5. The van der Waals surface area contributed by atoms with E-state index in [0.717, 1.165) is 30.7 Å². The van der Waals surface area contributed by atoms with Crippen LogP contribution in [0.25, 0.3) is 10.9 Å². The van der Waals surface area contributed by atoms with Crippen LogP contribution in [0.5, 0.6) is 0 Å². The first-order valence-corrected chi connectivity index (χ1v) is 8.03. The van der Waals surface area contributed by atoms with Gasteiger partial charge in [0.1, 0.15) is 0 Å². The van der Waals surface area contributed by atoms with E-state index in [4.69, 9.17) is 0 Å². The van der Waals surface area contributed by atoms with Crippen LogP contribution >= 0.6 is 12.4 Å². The summed E-state index contributed by atoms with van der Waals surface area (Å²) in [6.07, 6.45) is 1.87. The molecule has 24 heavy (non-hydrogen) atoms. The first kappa shape index (κ1) is 18.4. The summed E-state index contributed by atoms with van der Waals surface area (Å²) in [6, 6.07) is 5.78. The molecule has 1 aromatic carbocycles. The lowest BCUT2D eigenvalue weighted by Crippen LogP contribution is -2.52. The molecule has 1 aliphatic rings. The van der Waals surface area contributed by atoms with Crippen molar-refractivity contribution >= 4 is 29.2 Å². The van der Waals surface area contributed by atoms with Crippen LogP contribution in [-0.2, 0) is 11.3 Å². The predicted octanol–water partition coefficient (Wildman–Crippen LogP) is 1.34. The Morgan fingerprint density at radius 3 is 2.96 bits per heavy atom. The van der Waals surface area contributed by atoms with Crippen LogP contribution in [0.2, 0.25) is 0 Å². The van der Waals surface area contributed by atoms with Gasteiger partial charge in [0, 0.05) is 38.6 Å². The largest absolute Gasteiger partial charge is 0.337 e. The number of hydrogen-bond acceptors (Lipinski definition) is 4. The topological polar surface area (TPSA) is 67.2 Å². The molecule has 0 spiro atoms. The lowest BCUT2D eigenvalue weighted by Gasteiger charge is -2.34. The minimum atomic E-state index is -0.0835. The number of fused-ring (bicyclic) bond motifs is 1. The molecule has 1 N–H and O–H groups in total. The molecule has 0 saturated carbocycles. The highest BCUT2D eigenvalue weighted by Gasteiger charge is 2.22. The van der Waals surface area contributed by atoms with Crippen molar-refractivity contribution in [1.29, 1.82) is 0 Å². The Hall–Kier alpha value is -1.92. The number of halogens is 1. The average molecular weight is 351 g/mol. The second-order valence-electron chi connectivity index (χ2n) is 6.10. The van der Waals surface area contributed by atoms with Crippen molar-refractivity contribution < 1.29 is 4.79 Å². The fourth-order valence-corrected chi connectivity index (χ4v) is 3.07. The molecule has 0 bridgehead atoms. The van der Waals surface area contributed by atoms with Gasteiger partial charge in [-0.05, 0) is 25.5 Å². The molecular formula is C17H23ClN4O2. The summed E-state index contributed by atoms with van der Waals surface area (Å²) in [4.78, 5) is 31.2. The third-order valence-electron chi connectivity index (χ3n) is 4.44. The second kappa shape index (κ2) is 7.77. The van der Waals surface area contributed by atoms with Gasteiger partial charge in [-0.3, -0.25) is 14.2 Å². The zero-order valence-corrected chi connectivity index (χ0v) is 14.8. The van der Waals surface area contributed by atoms with Gasteiger partial charge in [-0.1, -0.05) is 12.1 Å². The minimum Gasteiger partial charge on any atom is -0.337 e. The molecule has 0 aliphatic carbocycles. The van der Waals surface area contributed by atoms with Crippen molar-refractivity contribution in [3.63, 3.8) is 0 Å². The van der Waals surface area contributed by atoms with Gasteiger partial charge in [-0.25, -0.2) is 4.98 Å². The third kappa shape index (κ3) is 3.60. The lowest BCUT2D eigenvalue weighted by molar-refractivity contribution is -0.134. The average Bonchev–Trinajstić information content (AvgIpc) is 2.55. The Labute approximate surface area is 147 Å². The fraction of sp³-hybridized carbons (Fsp3) is 0.471. The maximum Gasteiger partial charge on any atom is 0.261 e. The van der Waals surface area contributed by atoms with E-state index < -0.39 is 0 Å². The van der Waals surface area contributed by atoms with Crippen LogP contribution in [-0.4, -0.2) is 46.0 Å². The maximum absolute atomic E-state index is 12.5. The Morgan fingerprint density at radius 2 is 2.21 bits per heavy atom. The van der Waals surface area contributed by atoms with E-state index in [1.165, 1.54) is 4.57 Å². The summed E-state index contributed by atoms with van der Waals surface area (Å²) in [6.45, 7) is 6.72. The molecule has 3 rings (SSSR count). The molecular weight excluding hydrogens is 328 g/mol. The quantitative estimate of drug-likeness (QED) is 0.907. The van der Waals surface area contributed by atoms with Gasteiger partial charge < -0.3 is 10.2 Å². The van der Waals surface area contributed by atoms with Crippen LogP contribution in [0.3, 0.4) is 0 Å². The fourth-order valence-electron chi connectivity index (χ4n) is 3.07. The number of nitrogens with zero attached hydrogens (tertiary/aromatic N) is 3. The highest BCUT2D eigenvalue weighted by Crippen LogP contribution is 2.11. The van der Waals surface area contributed by atoms with Gasteiger partial charge in [0.05, 0.1) is 17.2 Å². The van der Waals surface area contributed by atoms with Crippen molar-refractivity contribution in [2.75, 3.05) is 19.6 Å². The monoisotopic (exact) mass is 350 g/mol. The van der Waals surface area contributed by atoms with Gasteiger partial charge in [-0.15, -0.1) is 12.4 Å². The van der Waals surface area contributed by atoms with Crippen molar-refractivity contribution in [3.05, 3.63) is 40.4 Å². The van der Waals surface area contributed by atoms with Gasteiger partial charge in [0.25, 0.3) is 5.56 Å². The summed E-state index contributed by atoms with van der Waals surface area (Å²) in [5, 5.41) is 3.88. The zero-order valence-electron chi connectivity index (χ0n) is 14.0. The van der Waals surface area contributed by atoms with E-state index in [1.807, 2.05) is 30.9 Å². The molecule has 1 fully saturated rings. The lowest BCUT2D eigenvalue weighted by atomic mass is 10.1. The number of amides is 1. The second-order valence-corrected chi connectivity index (χ2v) is 6.10. The highest BCUT2D eigenvalue weighted by atomic mass is 35.5. The van der Waals surface area contributed by atoms with E-state index in [9.17, 15) is 9.59 Å². The number of aryl methyl sites for hydroxylation is 2. The Bertz CT molecular complexity index is 790. The van der Waals surface area contributed by atoms with Crippen molar-refractivity contribution in [2.45, 2.75) is 32.9 Å². The van der Waals surface area contributed by atoms with Crippen molar-refractivity contribution in [2.24, 2.45) is 0 Å². The van der Waals surface area contributed by atoms with E-state index >= 15 is 0 Å². The number of carbonyl (C=O) groups excluding carboxylic acids is 1. The van der Waals surface area contributed by atoms with Gasteiger partial charge in [0.15, 0.2) is 0 Å².